The highest BCUT2D eigenvalue weighted by Crippen LogP contribution is 2.31. The van der Waals surface area contributed by atoms with Gasteiger partial charge in [0.15, 0.2) is 0 Å². The third-order valence-electron chi connectivity index (χ3n) is 4.76. The number of carbonyl (C=O) groups is 2. The number of primary amides is 1. The van der Waals surface area contributed by atoms with Crippen molar-refractivity contribution in [1.82, 2.24) is 9.97 Å². The molecule has 7 heteroatoms. The van der Waals surface area contributed by atoms with Gasteiger partial charge in [0.25, 0.3) is 5.91 Å². The van der Waals surface area contributed by atoms with Gasteiger partial charge < -0.3 is 20.4 Å². The first-order valence-electron chi connectivity index (χ1n) is 8.29. The molecule has 0 fully saturated rings. The number of rotatable bonds is 3. The standard InChI is InChI=1S/C19H18N4O3/c1-26-19(25)11-2-3-15-13(8-11)14-10-23(7-5-16(14)22-15)12-4-6-21-17(9-12)18(20)24/h2-4,6,8-9,22H,5,7,10H2,1H3,(H2,20,24). The van der Waals surface area contributed by atoms with Crippen LogP contribution in [0.1, 0.15) is 32.1 Å². The van der Waals surface area contributed by atoms with Gasteiger partial charge >= 0.3 is 5.97 Å². The van der Waals surface area contributed by atoms with Gasteiger partial charge in [0, 0.05) is 53.6 Å². The van der Waals surface area contributed by atoms with Crippen LogP contribution in [0.25, 0.3) is 10.9 Å². The summed E-state index contributed by atoms with van der Waals surface area (Å²) >= 11 is 0. The molecule has 2 aromatic heterocycles. The first kappa shape index (κ1) is 16.1. The molecule has 132 valence electrons. The SMILES string of the molecule is COC(=O)c1ccc2[nH]c3c(c2c1)CN(c1ccnc(C(N)=O)c1)CC3. The number of H-pyrrole nitrogens is 1. The Bertz CT molecular complexity index is 1020. The third kappa shape index (κ3) is 2.67. The molecular formula is C19H18N4O3. The molecule has 0 bridgehead atoms. The van der Waals surface area contributed by atoms with Gasteiger partial charge in [0.2, 0.25) is 0 Å². The molecule has 3 heterocycles. The van der Waals surface area contributed by atoms with Gasteiger partial charge in [-0.2, -0.15) is 0 Å². The number of nitrogens with two attached hydrogens (primary N) is 1. The van der Waals surface area contributed by atoms with E-state index in [1.807, 2.05) is 18.2 Å². The number of ether oxygens (including phenoxy) is 1. The number of esters is 1. The van der Waals surface area contributed by atoms with E-state index in [9.17, 15) is 9.59 Å². The van der Waals surface area contributed by atoms with E-state index in [2.05, 4.69) is 14.9 Å². The molecule has 0 saturated carbocycles. The van der Waals surface area contributed by atoms with E-state index < -0.39 is 5.91 Å². The first-order chi connectivity index (χ1) is 12.6. The van der Waals surface area contributed by atoms with Gasteiger partial charge in [-0.3, -0.25) is 9.78 Å². The Kier molecular flexibility index (Phi) is 3.84. The summed E-state index contributed by atoms with van der Waals surface area (Å²) in [6.45, 7) is 1.48. The van der Waals surface area contributed by atoms with Crippen molar-refractivity contribution in [3.8, 4) is 0 Å². The van der Waals surface area contributed by atoms with Crippen LogP contribution in [0.15, 0.2) is 36.5 Å². The lowest BCUT2D eigenvalue weighted by atomic mass is 10.0. The number of hydrogen-bond donors (Lipinski definition) is 2. The number of hydrogen-bond acceptors (Lipinski definition) is 5. The van der Waals surface area contributed by atoms with Gasteiger partial charge in [-0.25, -0.2) is 4.79 Å². The van der Waals surface area contributed by atoms with E-state index in [4.69, 9.17) is 10.5 Å². The molecule has 0 radical (unpaired) electrons. The molecule has 0 spiro atoms. The van der Waals surface area contributed by atoms with Crippen LogP contribution >= 0.6 is 0 Å². The van der Waals surface area contributed by atoms with E-state index >= 15 is 0 Å². The number of methoxy groups -OCH3 is 1. The number of pyridine rings is 1. The monoisotopic (exact) mass is 350 g/mol. The van der Waals surface area contributed by atoms with Crippen LogP contribution in [0.3, 0.4) is 0 Å². The number of nitrogens with zero attached hydrogens (tertiary/aromatic N) is 2. The topological polar surface area (TPSA) is 101 Å². The van der Waals surface area contributed by atoms with Gasteiger partial charge in [0.1, 0.15) is 5.69 Å². The molecule has 26 heavy (non-hydrogen) atoms. The van der Waals surface area contributed by atoms with E-state index in [0.717, 1.165) is 35.1 Å². The van der Waals surface area contributed by atoms with Gasteiger partial charge in [-0.1, -0.05) is 0 Å². The van der Waals surface area contributed by atoms with E-state index in [1.54, 1.807) is 18.3 Å². The van der Waals surface area contributed by atoms with Crippen LogP contribution in [-0.2, 0) is 17.7 Å². The van der Waals surface area contributed by atoms with Crippen molar-refractivity contribution in [3.05, 3.63) is 59.0 Å². The highest BCUT2D eigenvalue weighted by molar-refractivity contribution is 5.96. The first-order valence-corrected chi connectivity index (χ1v) is 8.29. The zero-order chi connectivity index (χ0) is 18.3. The van der Waals surface area contributed by atoms with Crippen molar-refractivity contribution in [3.63, 3.8) is 0 Å². The fraction of sp³-hybridized carbons (Fsp3) is 0.211. The summed E-state index contributed by atoms with van der Waals surface area (Å²) in [5.74, 6) is -0.894. The van der Waals surface area contributed by atoms with Crippen molar-refractivity contribution in [1.29, 1.82) is 0 Å². The summed E-state index contributed by atoms with van der Waals surface area (Å²) in [6.07, 6.45) is 2.43. The Morgan fingerprint density at radius 1 is 1.27 bits per heavy atom. The van der Waals surface area contributed by atoms with E-state index in [-0.39, 0.29) is 11.7 Å². The third-order valence-corrected chi connectivity index (χ3v) is 4.76. The number of anilines is 1. The van der Waals surface area contributed by atoms with E-state index in [1.165, 1.54) is 12.8 Å². The maximum Gasteiger partial charge on any atom is 0.337 e. The number of nitrogens with one attached hydrogen (secondary N) is 1. The second-order valence-corrected chi connectivity index (χ2v) is 6.27. The van der Waals surface area contributed by atoms with Crippen molar-refractivity contribution < 1.29 is 14.3 Å². The zero-order valence-corrected chi connectivity index (χ0v) is 14.3. The fourth-order valence-corrected chi connectivity index (χ4v) is 3.43. The van der Waals surface area contributed by atoms with Crippen LogP contribution in [0.5, 0.6) is 0 Å². The number of carbonyl (C=O) groups excluding carboxylic acids is 2. The second kappa shape index (κ2) is 6.18. The van der Waals surface area contributed by atoms with Crippen LogP contribution in [0.2, 0.25) is 0 Å². The summed E-state index contributed by atoms with van der Waals surface area (Å²) < 4.78 is 4.82. The average molecular weight is 350 g/mol. The quantitative estimate of drug-likeness (QED) is 0.704. The molecule has 1 amide bonds. The number of benzene rings is 1. The molecule has 1 aromatic carbocycles. The lowest BCUT2D eigenvalue weighted by molar-refractivity contribution is 0.0600. The Hall–Kier alpha value is -3.35. The normalized spacial score (nSPS) is 13.5. The Balaban J connectivity index is 1.72. The van der Waals surface area contributed by atoms with Gasteiger partial charge in [-0.05, 0) is 30.3 Å². The molecule has 0 aliphatic carbocycles. The average Bonchev–Trinajstić information content (AvgIpc) is 3.04. The van der Waals surface area contributed by atoms with Crippen molar-refractivity contribution in [2.24, 2.45) is 5.73 Å². The maximum atomic E-state index is 11.8. The molecular weight excluding hydrogens is 332 g/mol. The van der Waals surface area contributed by atoms with Crippen molar-refractivity contribution in [2.45, 2.75) is 13.0 Å². The van der Waals surface area contributed by atoms with Crippen LogP contribution in [-0.4, -0.2) is 35.5 Å². The number of amides is 1. The molecule has 0 atom stereocenters. The number of aromatic amines is 1. The number of aromatic nitrogens is 2. The molecule has 7 nitrogen and oxygen atoms in total. The summed E-state index contributed by atoms with van der Waals surface area (Å²) in [5.41, 5.74) is 10.3. The second-order valence-electron chi connectivity index (χ2n) is 6.27. The molecule has 0 unspecified atom stereocenters. The Morgan fingerprint density at radius 3 is 2.88 bits per heavy atom. The Morgan fingerprint density at radius 2 is 2.12 bits per heavy atom. The summed E-state index contributed by atoms with van der Waals surface area (Å²) in [7, 11) is 1.38. The lowest BCUT2D eigenvalue weighted by Crippen LogP contribution is -2.30. The van der Waals surface area contributed by atoms with Gasteiger partial charge in [-0.15, -0.1) is 0 Å². The summed E-state index contributed by atoms with van der Waals surface area (Å²) in [5, 5.41) is 1.01. The zero-order valence-electron chi connectivity index (χ0n) is 14.3. The minimum absolute atomic E-state index is 0.250. The van der Waals surface area contributed by atoms with Crippen LogP contribution in [0, 0.1) is 0 Å². The molecule has 1 aliphatic rings. The molecule has 3 N–H and O–H groups in total. The van der Waals surface area contributed by atoms with Crippen LogP contribution in [0.4, 0.5) is 5.69 Å². The summed E-state index contributed by atoms with van der Waals surface area (Å²) in [4.78, 5) is 32.8. The largest absolute Gasteiger partial charge is 0.465 e. The van der Waals surface area contributed by atoms with Crippen LogP contribution < -0.4 is 10.6 Å². The maximum absolute atomic E-state index is 11.8. The predicted octanol–water partition coefficient (Wildman–Crippen LogP) is 2.01. The molecule has 4 rings (SSSR count). The molecule has 3 aromatic rings. The fourth-order valence-electron chi connectivity index (χ4n) is 3.43. The lowest BCUT2D eigenvalue weighted by Gasteiger charge is -2.29. The Labute approximate surface area is 149 Å². The minimum atomic E-state index is -0.542. The van der Waals surface area contributed by atoms with Gasteiger partial charge in [0.05, 0.1) is 12.7 Å². The van der Waals surface area contributed by atoms with E-state index in [0.29, 0.717) is 12.1 Å². The predicted molar refractivity (Wildman–Crippen MR) is 97.1 cm³/mol. The minimum Gasteiger partial charge on any atom is -0.465 e. The molecule has 1 aliphatic heterocycles. The van der Waals surface area contributed by atoms with Crippen molar-refractivity contribution >= 4 is 28.5 Å². The summed E-state index contributed by atoms with van der Waals surface area (Å²) in [6, 6.07) is 9.10. The smallest absolute Gasteiger partial charge is 0.337 e. The highest BCUT2D eigenvalue weighted by atomic mass is 16.5. The van der Waals surface area contributed by atoms with Crippen molar-refractivity contribution in [2.75, 3.05) is 18.6 Å². The number of fused-ring (bicyclic) bond motifs is 3. The highest BCUT2D eigenvalue weighted by Gasteiger charge is 2.22. The molecule has 0 saturated heterocycles.